The van der Waals surface area contributed by atoms with Crippen LogP contribution in [0.1, 0.15) is 26.2 Å². The molecule has 1 aliphatic rings. The third-order valence-corrected chi connectivity index (χ3v) is 6.14. The minimum atomic E-state index is -3.52. The lowest BCUT2D eigenvalue weighted by Crippen LogP contribution is -2.34. The smallest absolute Gasteiger partial charge is 0.263 e. The van der Waals surface area contributed by atoms with Gasteiger partial charge in [-0.3, -0.25) is 4.40 Å². The summed E-state index contributed by atoms with van der Waals surface area (Å²) in [4.78, 5) is 5.04. The Kier molecular flexibility index (Phi) is 3.47. The largest absolute Gasteiger partial charge is 0.371 e. The van der Waals surface area contributed by atoms with Crippen LogP contribution in [0.5, 0.6) is 0 Å². The van der Waals surface area contributed by atoms with Crippen molar-refractivity contribution in [1.29, 1.82) is 0 Å². The predicted molar refractivity (Wildman–Crippen MR) is 79.8 cm³/mol. The minimum Gasteiger partial charge on any atom is -0.371 e. The molecule has 6 nitrogen and oxygen atoms in total. The standard InChI is InChI=1S/C12H18N4O2S2/c1-3-6-16(9-4-5-9)20(17,18)11-10(13-2)14-12-15(11)7-8-19-12/h7-9,13H,3-6H2,1-2H3. The molecule has 0 amide bonds. The Labute approximate surface area is 122 Å². The Morgan fingerprint density at radius 1 is 1.55 bits per heavy atom. The summed E-state index contributed by atoms with van der Waals surface area (Å²) in [5.74, 6) is 0.429. The molecule has 1 aliphatic carbocycles. The minimum absolute atomic E-state index is 0.161. The molecule has 0 radical (unpaired) electrons. The van der Waals surface area contributed by atoms with Crippen molar-refractivity contribution in [3.05, 3.63) is 11.6 Å². The Morgan fingerprint density at radius 2 is 2.30 bits per heavy atom. The van der Waals surface area contributed by atoms with Crippen LogP contribution < -0.4 is 5.32 Å². The van der Waals surface area contributed by atoms with Crippen LogP contribution >= 0.6 is 11.3 Å². The number of nitrogens with one attached hydrogen (secondary N) is 1. The van der Waals surface area contributed by atoms with Gasteiger partial charge in [0, 0.05) is 31.2 Å². The lowest BCUT2D eigenvalue weighted by molar-refractivity contribution is 0.401. The van der Waals surface area contributed by atoms with E-state index in [-0.39, 0.29) is 11.1 Å². The molecule has 0 saturated heterocycles. The molecule has 20 heavy (non-hydrogen) atoms. The highest BCUT2D eigenvalue weighted by Gasteiger charge is 2.40. The lowest BCUT2D eigenvalue weighted by atomic mass is 10.5. The third-order valence-electron chi connectivity index (χ3n) is 3.41. The molecule has 3 rings (SSSR count). The maximum atomic E-state index is 13.0. The van der Waals surface area contributed by atoms with Gasteiger partial charge in [0.25, 0.3) is 10.0 Å². The maximum Gasteiger partial charge on any atom is 0.263 e. The molecule has 0 aliphatic heterocycles. The molecule has 2 aromatic rings. The zero-order valence-corrected chi connectivity index (χ0v) is 13.2. The van der Waals surface area contributed by atoms with Crippen LogP contribution in [0.15, 0.2) is 16.6 Å². The van der Waals surface area contributed by atoms with E-state index in [1.54, 1.807) is 22.0 Å². The number of sulfonamides is 1. The highest BCUT2D eigenvalue weighted by atomic mass is 32.2. The number of hydrogen-bond donors (Lipinski definition) is 1. The second kappa shape index (κ2) is 5.01. The van der Waals surface area contributed by atoms with Crippen LogP contribution in [-0.2, 0) is 10.0 Å². The Hall–Kier alpha value is -1.12. The first kappa shape index (κ1) is 13.8. The molecular formula is C12H18N4O2S2. The van der Waals surface area contributed by atoms with Gasteiger partial charge in [0.2, 0.25) is 0 Å². The topological polar surface area (TPSA) is 66.7 Å². The van der Waals surface area contributed by atoms with E-state index in [0.29, 0.717) is 17.3 Å². The summed E-state index contributed by atoms with van der Waals surface area (Å²) in [7, 11) is -1.82. The van der Waals surface area contributed by atoms with Gasteiger partial charge in [0.05, 0.1) is 0 Å². The van der Waals surface area contributed by atoms with Gasteiger partial charge in [-0.15, -0.1) is 11.3 Å². The van der Waals surface area contributed by atoms with Crippen LogP contribution in [0.25, 0.3) is 4.96 Å². The van der Waals surface area contributed by atoms with E-state index in [2.05, 4.69) is 10.3 Å². The van der Waals surface area contributed by atoms with Gasteiger partial charge < -0.3 is 5.32 Å². The normalized spacial score (nSPS) is 16.1. The molecule has 2 aromatic heterocycles. The van der Waals surface area contributed by atoms with Gasteiger partial charge in [0.15, 0.2) is 15.8 Å². The van der Waals surface area contributed by atoms with Gasteiger partial charge in [-0.25, -0.2) is 13.4 Å². The quantitative estimate of drug-likeness (QED) is 0.885. The van der Waals surface area contributed by atoms with Gasteiger partial charge in [0.1, 0.15) is 0 Å². The number of anilines is 1. The molecule has 1 N–H and O–H groups in total. The number of rotatable bonds is 6. The molecule has 110 valence electrons. The first-order chi connectivity index (χ1) is 9.59. The van der Waals surface area contributed by atoms with Crippen molar-refractivity contribution in [2.75, 3.05) is 18.9 Å². The van der Waals surface area contributed by atoms with Crippen LogP contribution in [-0.4, -0.2) is 41.7 Å². The monoisotopic (exact) mass is 314 g/mol. The first-order valence-corrected chi connectivity index (χ1v) is 9.06. The molecule has 0 atom stereocenters. The van der Waals surface area contributed by atoms with Crippen molar-refractivity contribution in [3.8, 4) is 0 Å². The molecule has 2 heterocycles. The highest BCUT2D eigenvalue weighted by Crippen LogP contribution is 2.35. The van der Waals surface area contributed by atoms with Crippen LogP contribution in [0.2, 0.25) is 0 Å². The first-order valence-electron chi connectivity index (χ1n) is 6.74. The fourth-order valence-corrected chi connectivity index (χ4v) is 5.18. The zero-order valence-electron chi connectivity index (χ0n) is 11.5. The molecule has 0 unspecified atom stereocenters. The van der Waals surface area contributed by atoms with Gasteiger partial charge >= 0.3 is 0 Å². The van der Waals surface area contributed by atoms with Crippen molar-refractivity contribution in [2.24, 2.45) is 0 Å². The molecule has 1 fully saturated rings. The van der Waals surface area contributed by atoms with Gasteiger partial charge in [-0.1, -0.05) is 6.92 Å². The molecule has 0 bridgehead atoms. The predicted octanol–water partition coefficient (Wildman–Crippen LogP) is 2.00. The number of nitrogens with zero attached hydrogens (tertiary/aromatic N) is 3. The SMILES string of the molecule is CCCN(C1CC1)S(=O)(=O)c1c(NC)nc2sccn12. The van der Waals surface area contributed by atoms with Crippen molar-refractivity contribution in [2.45, 2.75) is 37.3 Å². The summed E-state index contributed by atoms with van der Waals surface area (Å²) in [6.07, 6.45) is 4.49. The van der Waals surface area contributed by atoms with E-state index < -0.39 is 10.0 Å². The van der Waals surface area contributed by atoms with Crippen LogP contribution in [0.3, 0.4) is 0 Å². The van der Waals surface area contributed by atoms with E-state index in [0.717, 1.165) is 19.3 Å². The van der Waals surface area contributed by atoms with Crippen LogP contribution in [0.4, 0.5) is 5.82 Å². The highest BCUT2D eigenvalue weighted by molar-refractivity contribution is 7.89. The summed E-state index contributed by atoms with van der Waals surface area (Å²) in [6.45, 7) is 2.56. The second-order valence-electron chi connectivity index (χ2n) is 4.92. The summed E-state index contributed by atoms with van der Waals surface area (Å²) < 4.78 is 29.3. The Morgan fingerprint density at radius 3 is 2.90 bits per heavy atom. The molecule has 1 saturated carbocycles. The second-order valence-corrected chi connectivity index (χ2v) is 7.60. The van der Waals surface area contributed by atoms with Crippen LogP contribution in [0, 0.1) is 0 Å². The molecule has 0 aromatic carbocycles. The molecular weight excluding hydrogens is 296 g/mol. The number of imidazole rings is 1. The van der Waals surface area contributed by atoms with E-state index in [4.69, 9.17) is 0 Å². The Balaban J connectivity index is 2.13. The molecule has 8 heteroatoms. The van der Waals surface area contributed by atoms with E-state index in [1.165, 1.54) is 11.3 Å². The van der Waals surface area contributed by atoms with Crippen molar-refractivity contribution < 1.29 is 8.42 Å². The number of thiazole rings is 1. The fourth-order valence-electron chi connectivity index (χ4n) is 2.37. The van der Waals surface area contributed by atoms with Crippen molar-refractivity contribution in [1.82, 2.24) is 13.7 Å². The maximum absolute atomic E-state index is 13.0. The summed E-state index contributed by atoms with van der Waals surface area (Å²) in [6, 6.07) is 0.161. The molecule has 0 spiro atoms. The van der Waals surface area contributed by atoms with E-state index in [9.17, 15) is 8.42 Å². The Bertz CT molecular complexity index is 715. The lowest BCUT2D eigenvalue weighted by Gasteiger charge is -2.21. The summed E-state index contributed by atoms with van der Waals surface area (Å²) in [5.41, 5.74) is 0. The van der Waals surface area contributed by atoms with Crippen molar-refractivity contribution >= 4 is 32.1 Å². The van der Waals surface area contributed by atoms with Gasteiger partial charge in [-0.2, -0.15) is 4.31 Å². The number of fused-ring (bicyclic) bond motifs is 1. The summed E-state index contributed by atoms with van der Waals surface area (Å²) >= 11 is 1.43. The van der Waals surface area contributed by atoms with Gasteiger partial charge in [-0.05, 0) is 19.3 Å². The third kappa shape index (κ3) is 2.11. The zero-order chi connectivity index (χ0) is 14.3. The average Bonchev–Trinajstić information content (AvgIpc) is 3.02. The number of aromatic nitrogens is 2. The number of hydrogen-bond acceptors (Lipinski definition) is 5. The van der Waals surface area contributed by atoms with Crippen molar-refractivity contribution in [3.63, 3.8) is 0 Å². The summed E-state index contributed by atoms with van der Waals surface area (Å²) in [5, 5.41) is 5.01. The fraction of sp³-hybridized carbons (Fsp3) is 0.583. The average molecular weight is 314 g/mol. The van der Waals surface area contributed by atoms with E-state index in [1.807, 2.05) is 12.3 Å². The van der Waals surface area contributed by atoms with E-state index >= 15 is 0 Å².